The first-order valence-corrected chi connectivity index (χ1v) is 8.51. The van der Waals surface area contributed by atoms with E-state index in [0.29, 0.717) is 10.7 Å². The van der Waals surface area contributed by atoms with Gasteiger partial charge in [0.1, 0.15) is 17.5 Å². The zero-order chi connectivity index (χ0) is 14.6. The van der Waals surface area contributed by atoms with Crippen LogP contribution in [0.3, 0.4) is 0 Å². The van der Waals surface area contributed by atoms with Gasteiger partial charge in [-0.05, 0) is 32.4 Å². The van der Waals surface area contributed by atoms with Gasteiger partial charge in [0.05, 0.1) is 0 Å². The molecule has 1 saturated heterocycles. The summed E-state index contributed by atoms with van der Waals surface area (Å²) in [6.07, 6.45) is 2.61. The van der Waals surface area contributed by atoms with Gasteiger partial charge in [0, 0.05) is 29.8 Å². The van der Waals surface area contributed by atoms with Crippen molar-refractivity contribution < 1.29 is 0 Å². The van der Waals surface area contributed by atoms with E-state index in [0.717, 1.165) is 30.5 Å². The van der Waals surface area contributed by atoms with E-state index in [1.165, 1.54) is 18.6 Å². The molecule has 4 nitrogen and oxygen atoms in total. The van der Waals surface area contributed by atoms with E-state index in [2.05, 4.69) is 60.1 Å². The van der Waals surface area contributed by atoms with Crippen molar-refractivity contribution in [1.29, 1.82) is 0 Å². The maximum atomic E-state index is 4.64. The molecule has 2 heterocycles. The first-order chi connectivity index (χ1) is 9.52. The lowest BCUT2D eigenvalue weighted by Gasteiger charge is -2.23. The Morgan fingerprint density at radius 2 is 2.00 bits per heavy atom. The molecule has 0 radical (unpaired) electrons. The molecule has 1 aliphatic rings. The molecule has 1 unspecified atom stereocenters. The fraction of sp³-hybridized carbons (Fsp3) is 0.733. The van der Waals surface area contributed by atoms with Gasteiger partial charge in [-0.25, -0.2) is 9.97 Å². The van der Waals surface area contributed by atoms with Crippen LogP contribution in [0.5, 0.6) is 0 Å². The summed E-state index contributed by atoms with van der Waals surface area (Å²) in [5.74, 6) is 4.37. The molecule has 2 rings (SSSR count). The van der Waals surface area contributed by atoms with Crippen LogP contribution in [0, 0.1) is 0 Å². The van der Waals surface area contributed by atoms with Crippen molar-refractivity contribution >= 4 is 23.4 Å². The molecule has 5 heteroatoms. The molecule has 1 aromatic heterocycles. The number of nitrogens with one attached hydrogen (secondary N) is 2. The number of rotatable bonds is 6. The monoisotopic (exact) mass is 294 g/mol. The zero-order valence-corrected chi connectivity index (χ0v) is 13.8. The normalized spacial score (nSPS) is 22.2. The van der Waals surface area contributed by atoms with E-state index >= 15 is 0 Å². The maximum Gasteiger partial charge on any atom is 0.135 e. The van der Waals surface area contributed by atoms with Crippen molar-refractivity contribution in [2.45, 2.75) is 51.2 Å². The van der Waals surface area contributed by atoms with Crippen molar-refractivity contribution in [3.05, 3.63) is 11.9 Å². The Kier molecular flexibility index (Phi) is 5.13. The first kappa shape index (κ1) is 15.4. The van der Waals surface area contributed by atoms with Gasteiger partial charge in [-0.15, -0.1) is 0 Å². The number of anilines is 2. The fourth-order valence-corrected chi connectivity index (χ4v) is 3.58. The number of nitrogens with zero attached hydrogens (tertiary/aromatic N) is 2. The minimum Gasteiger partial charge on any atom is -0.370 e. The molecule has 112 valence electrons. The molecule has 0 aliphatic carbocycles. The number of thioether (sulfide) groups is 1. The minimum atomic E-state index is 0.339. The summed E-state index contributed by atoms with van der Waals surface area (Å²) in [7, 11) is 0. The lowest BCUT2D eigenvalue weighted by atomic mass is 10.1. The van der Waals surface area contributed by atoms with Crippen molar-refractivity contribution in [3.63, 3.8) is 0 Å². The molecule has 0 bridgehead atoms. The van der Waals surface area contributed by atoms with Gasteiger partial charge in [0.25, 0.3) is 0 Å². The summed E-state index contributed by atoms with van der Waals surface area (Å²) in [4.78, 5) is 9.19. The fourth-order valence-electron chi connectivity index (χ4n) is 2.34. The smallest absolute Gasteiger partial charge is 0.135 e. The van der Waals surface area contributed by atoms with Gasteiger partial charge in [-0.2, -0.15) is 11.8 Å². The van der Waals surface area contributed by atoms with Gasteiger partial charge in [-0.3, -0.25) is 0 Å². The van der Waals surface area contributed by atoms with Gasteiger partial charge in [0.15, 0.2) is 0 Å². The summed E-state index contributed by atoms with van der Waals surface area (Å²) in [5, 5.41) is 6.79. The molecule has 1 aromatic rings. The quantitative estimate of drug-likeness (QED) is 0.837. The van der Waals surface area contributed by atoms with Crippen LogP contribution in [-0.4, -0.2) is 33.6 Å². The summed E-state index contributed by atoms with van der Waals surface area (Å²) in [5.41, 5.74) is 0. The van der Waals surface area contributed by atoms with Crippen LogP contribution in [0.4, 0.5) is 11.6 Å². The molecular formula is C15H26N4S. The molecule has 0 aromatic carbocycles. The summed E-state index contributed by atoms with van der Waals surface area (Å²) in [6, 6.07) is 2.01. The van der Waals surface area contributed by atoms with Gasteiger partial charge >= 0.3 is 0 Å². The summed E-state index contributed by atoms with van der Waals surface area (Å²) < 4.78 is 0.349. The van der Waals surface area contributed by atoms with Crippen molar-refractivity contribution in [2.75, 3.05) is 29.5 Å². The maximum absolute atomic E-state index is 4.64. The van der Waals surface area contributed by atoms with E-state index in [4.69, 9.17) is 0 Å². The Bertz CT molecular complexity index is 441. The second kappa shape index (κ2) is 6.66. The van der Waals surface area contributed by atoms with E-state index in [-0.39, 0.29) is 0 Å². The highest BCUT2D eigenvalue weighted by Crippen LogP contribution is 2.37. The first-order valence-electron chi connectivity index (χ1n) is 7.53. The lowest BCUT2D eigenvalue weighted by Crippen LogP contribution is -2.27. The third-order valence-corrected chi connectivity index (χ3v) is 5.10. The largest absolute Gasteiger partial charge is 0.370 e. The van der Waals surface area contributed by atoms with Crippen LogP contribution < -0.4 is 10.6 Å². The highest BCUT2D eigenvalue weighted by Gasteiger charge is 2.29. The molecule has 2 N–H and O–H groups in total. The van der Waals surface area contributed by atoms with E-state index < -0.39 is 0 Å². The van der Waals surface area contributed by atoms with Crippen LogP contribution >= 0.6 is 11.8 Å². The predicted octanol–water partition coefficient (Wildman–Crippen LogP) is 3.73. The van der Waals surface area contributed by atoms with Crippen LogP contribution in [0.25, 0.3) is 0 Å². The average molecular weight is 294 g/mol. The second-order valence-corrected chi connectivity index (χ2v) is 7.62. The number of hydrogen-bond acceptors (Lipinski definition) is 5. The van der Waals surface area contributed by atoms with Crippen LogP contribution in [-0.2, 0) is 0 Å². The molecule has 1 aliphatic heterocycles. The van der Waals surface area contributed by atoms with Gasteiger partial charge in [-0.1, -0.05) is 13.8 Å². The zero-order valence-electron chi connectivity index (χ0n) is 13.0. The topological polar surface area (TPSA) is 49.8 Å². The Morgan fingerprint density at radius 3 is 2.55 bits per heavy atom. The van der Waals surface area contributed by atoms with Crippen molar-refractivity contribution in [1.82, 2.24) is 9.97 Å². The highest BCUT2D eigenvalue weighted by molar-refractivity contribution is 8.00. The standard InChI is InChI=1S/C15H26N4S/c1-5-16-12-9-13(19-14(18-12)11(2)3)17-10-15(4)7-6-8-20-15/h9,11H,5-8,10H2,1-4H3,(H2,16,17,18,19). The summed E-state index contributed by atoms with van der Waals surface area (Å²) in [6.45, 7) is 10.5. The molecule has 0 saturated carbocycles. The summed E-state index contributed by atoms with van der Waals surface area (Å²) >= 11 is 2.07. The Balaban J connectivity index is 2.09. The lowest BCUT2D eigenvalue weighted by molar-refractivity contribution is 0.633. The average Bonchev–Trinajstić information content (AvgIpc) is 2.84. The highest BCUT2D eigenvalue weighted by atomic mass is 32.2. The van der Waals surface area contributed by atoms with Crippen LogP contribution in [0.2, 0.25) is 0 Å². The third-order valence-electron chi connectivity index (χ3n) is 3.56. The molecule has 1 atom stereocenters. The number of hydrogen-bond donors (Lipinski definition) is 2. The van der Waals surface area contributed by atoms with Crippen molar-refractivity contribution in [2.24, 2.45) is 0 Å². The van der Waals surface area contributed by atoms with Crippen molar-refractivity contribution in [3.8, 4) is 0 Å². The molecule has 20 heavy (non-hydrogen) atoms. The van der Waals surface area contributed by atoms with Crippen LogP contribution in [0.1, 0.15) is 52.3 Å². The SMILES string of the molecule is CCNc1cc(NCC2(C)CCCS2)nc(C(C)C)n1. The van der Waals surface area contributed by atoms with Crippen LogP contribution in [0.15, 0.2) is 6.07 Å². The minimum absolute atomic E-state index is 0.339. The van der Waals surface area contributed by atoms with Gasteiger partial charge < -0.3 is 10.6 Å². The van der Waals surface area contributed by atoms with Gasteiger partial charge in [0.2, 0.25) is 0 Å². The molecular weight excluding hydrogens is 268 g/mol. The Morgan fingerprint density at radius 1 is 1.30 bits per heavy atom. The number of aromatic nitrogens is 2. The third kappa shape index (κ3) is 4.01. The van der Waals surface area contributed by atoms with E-state index in [9.17, 15) is 0 Å². The second-order valence-electron chi connectivity index (χ2n) is 5.94. The van der Waals surface area contributed by atoms with E-state index in [1.54, 1.807) is 0 Å². The Labute approximate surface area is 126 Å². The molecule has 0 spiro atoms. The predicted molar refractivity (Wildman–Crippen MR) is 88.9 cm³/mol. The van der Waals surface area contributed by atoms with E-state index in [1.807, 2.05) is 6.07 Å². The Hall–Kier alpha value is -0.970. The molecule has 1 fully saturated rings. The molecule has 0 amide bonds.